The molecule has 0 fully saturated rings. The van der Waals surface area contributed by atoms with Crippen molar-refractivity contribution in [2.75, 3.05) is 6.67 Å². The quantitative estimate of drug-likeness (QED) is 0.427. The number of hydrogen-bond acceptors (Lipinski definition) is 2. The number of ether oxygens (including phenoxy) is 1. The first-order chi connectivity index (χ1) is 8.29. The Morgan fingerprint density at radius 1 is 1.21 bits per heavy atom. The summed E-state index contributed by atoms with van der Waals surface area (Å²) in [5, 5.41) is 0. The maximum Gasteiger partial charge on any atom is 0.345 e. The molecule has 0 aromatic rings. The van der Waals surface area contributed by atoms with Crippen molar-refractivity contribution in [3.05, 3.63) is 12.2 Å². The fourth-order valence-corrected chi connectivity index (χ4v) is 0.854. The first-order valence-electron chi connectivity index (χ1n) is 4.82. The molecule has 19 heavy (non-hydrogen) atoms. The number of alkyl halides is 7. The summed E-state index contributed by atoms with van der Waals surface area (Å²) in [6, 6.07) is 0. The van der Waals surface area contributed by atoms with Crippen LogP contribution in [0.25, 0.3) is 0 Å². The summed E-state index contributed by atoms with van der Waals surface area (Å²) in [6.07, 6.45) is -4.18. The molecule has 0 N–H and O–H groups in total. The maximum atomic E-state index is 13.0. The van der Waals surface area contributed by atoms with Gasteiger partial charge in [-0.25, -0.2) is 18.0 Å². The van der Waals surface area contributed by atoms with Gasteiger partial charge in [0.1, 0.15) is 5.57 Å². The molecule has 0 aromatic carbocycles. The second-order valence-electron chi connectivity index (χ2n) is 4.14. The summed E-state index contributed by atoms with van der Waals surface area (Å²) in [7, 11) is 0. The average Bonchev–Trinajstić information content (AvgIpc) is 2.26. The van der Waals surface area contributed by atoms with Gasteiger partial charge >= 0.3 is 24.2 Å². The number of carbonyl (C=O) groups is 1. The molecule has 0 saturated heterocycles. The van der Waals surface area contributed by atoms with Gasteiger partial charge in [-0.05, 0) is 13.8 Å². The predicted molar refractivity (Wildman–Crippen MR) is 51.2 cm³/mol. The van der Waals surface area contributed by atoms with Crippen LogP contribution in [0.1, 0.15) is 13.8 Å². The van der Waals surface area contributed by atoms with Crippen molar-refractivity contribution in [1.29, 1.82) is 0 Å². The van der Waals surface area contributed by atoms with E-state index in [0.29, 0.717) is 13.8 Å². The molecule has 0 atom stereocenters. The van der Waals surface area contributed by atoms with E-state index in [-0.39, 0.29) is 0 Å². The van der Waals surface area contributed by atoms with Crippen molar-refractivity contribution in [3.63, 3.8) is 0 Å². The van der Waals surface area contributed by atoms with Crippen LogP contribution in [0.5, 0.6) is 0 Å². The molecule has 0 unspecified atom stereocenters. The van der Waals surface area contributed by atoms with E-state index >= 15 is 0 Å². The van der Waals surface area contributed by atoms with Crippen molar-refractivity contribution in [1.82, 2.24) is 0 Å². The molecule has 112 valence electrons. The molecule has 2 nitrogen and oxygen atoms in total. The number of rotatable bonds is 6. The molecular formula is C10H11F7O2. The van der Waals surface area contributed by atoms with E-state index in [1.165, 1.54) is 0 Å². The highest BCUT2D eigenvalue weighted by Crippen LogP contribution is 2.38. The van der Waals surface area contributed by atoms with Crippen LogP contribution in [-0.2, 0) is 9.53 Å². The molecule has 0 aliphatic carbocycles. The van der Waals surface area contributed by atoms with E-state index in [0.717, 1.165) is 0 Å². The zero-order chi connectivity index (χ0) is 15.6. The third-order valence-corrected chi connectivity index (χ3v) is 2.28. The van der Waals surface area contributed by atoms with Gasteiger partial charge in [0.2, 0.25) is 0 Å². The summed E-state index contributed by atoms with van der Waals surface area (Å²) < 4.78 is 91.4. The summed E-state index contributed by atoms with van der Waals surface area (Å²) in [5.74, 6) is -11.2. The molecule has 0 spiro atoms. The van der Waals surface area contributed by atoms with E-state index in [4.69, 9.17) is 0 Å². The van der Waals surface area contributed by atoms with Crippen molar-refractivity contribution < 1.29 is 40.3 Å². The van der Waals surface area contributed by atoms with E-state index in [1.54, 1.807) is 0 Å². The first-order valence-corrected chi connectivity index (χ1v) is 4.82. The Labute approximate surface area is 104 Å². The Balaban J connectivity index is 5.06. The van der Waals surface area contributed by atoms with Gasteiger partial charge in [0, 0.05) is 0 Å². The summed E-state index contributed by atoms with van der Waals surface area (Å²) >= 11 is 0. The van der Waals surface area contributed by atoms with Crippen LogP contribution in [0.3, 0.4) is 0 Å². The van der Waals surface area contributed by atoms with Crippen molar-refractivity contribution >= 4 is 5.97 Å². The summed E-state index contributed by atoms with van der Waals surface area (Å²) in [4.78, 5) is 11.1. The highest BCUT2D eigenvalue weighted by Gasteiger charge is 2.58. The maximum absolute atomic E-state index is 13.0. The van der Waals surface area contributed by atoms with Crippen molar-refractivity contribution in [3.8, 4) is 0 Å². The van der Waals surface area contributed by atoms with Crippen molar-refractivity contribution in [2.45, 2.75) is 37.7 Å². The van der Waals surface area contributed by atoms with Gasteiger partial charge < -0.3 is 4.74 Å². The standard InChI is InChI=1S/C10H11F7O2/c1-5(9(14,15)4-11)6(18)19-8(2,3)10(16,17)7(12)13/h7H,1,4H2,2-3H3. The monoisotopic (exact) mass is 296 g/mol. The number of carbonyl (C=O) groups excluding carboxylic acids is 1. The molecule has 0 bridgehead atoms. The van der Waals surface area contributed by atoms with Crippen LogP contribution >= 0.6 is 0 Å². The Morgan fingerprint density at radius 2 is 1.63 bits per heavy atom. The Hall–Kier alpha value is -1.28. The molecule has 0 rings (SSSR count). The van der Waals surface area contributed by atoms with Gasteiger partial charge in [0.15, 0.2) is 12.3 Å². The molecule has 0 radical (unpaired) electrons. The Kier molecular flexibility index (Phi) is 5.01. The minimum Gasteiger partial charge on any atom is -0.449 e. The third kappa shape index (κ3) is 3.60. The van der Waals surface area contributed by atoms with Gasteiger partial charge in [0.25, 0.3) is 0 Å². The van der Waals surface area contributed by atoms with Gasteiger partial charge in [-0.3, -0.25) is 0 Å². The fourth-order valence-electron chi connectivity index (χ4n) is 0.854. The summed E-state index contributed by atoms with van der Waals surface area (Å²) in [6.45, 7) is 1.04. The van der Waals surface area contributed by atoms with Crippen LogP contribution in [0.15, 0.2) is 12.2 Å². The van der Waals surface area contributed by atoms with E-state index in [9.17, 15) is 35.5 Å². The Morgan fingerprint density at radius 3 is 1.95 bits per heavy atom. The second kappa shape index (κ2) is 5.38. The van der Waals surface area contributed by atoms with E-state index < -0.39 is 42.1 Å². The van der Waals surface area contributed by atoms with Crippen LogP contribution in [0, 0.1) is 0 Å². The minimum atomic E-state index is -4.77. The van der Waals surface area contributed by atoms with Crippen LogP contribution in [-0.4, -0.2) is 36.5 Å². The zero-order valence-corrected chi connectivity index (χ0v) is 9.95. The highest BCUT2D eigenvalue weighted by molar-refractivity contribution is 5.90. The van der Waals surface area contributed by atoms with Gasteiger partial charge in [-0.15, -0.1) is 0 Å². The van der Waals surface area contributed by atoms with E-state index in [2.05, 4.69) is 11.3 Å². The normalized spacial score (nSPS) is 13.6. The number of hydrogen-bond donors (Lipinski definition) is 0. The lowest BCUT2D eigenvalue weighted by molar-refractivity contribution is -0.241. The smallest absolute Gasteiger partial charge is 0.345 e. The SMILES string of the molecule is C=C(C(=O)OC(C)(C)C(F)(F)C(F)F)C(F)(F)CF. The van der Waals surface area contributed by atoms with Crippen LogP contribution < -0.4 is 0 Å². The summed E-state index contributed by atoms with van der Waals surface area (Å²) in [5.41, 5.74) is -4.79. The first kappa shape index (κ1) is 17.7. The van der Waals surface area contributed by atoms with Crippen molar-refractivity contribution in [2.24, 2.45) is 0 Å². The predicted octanol–water partition coefficient (Wildman–Crippen LogP) is 3.37. The molecular weight excluding hydrogens is 285 g/mol. The number of halogens is 7. The number of esters is 1. The second-order valence-corrected chi connectivity index (χ2v) is 4.14. The minimum absolute atomic E-state index is 0.415. The lowest BCUT2D eigenvalue weighted by atomic mass is 10.0. The van der Waals surface area contributed by atoms with Gasteiger partial charge in [-0.2, -0.15) is 17.6 Å². The highest BCUT2D eigenvalue weighted by atomic mass is 19.3. The zero-order valence-electron chi connectivity index (χ0n) is 9.95. The van der Waals surface area contributed by atoms with Crippen LogP contribution in [0.2, 0.25) is 0 Å². The Bertz CT molecular complexity index is 363. The lowest BCUT2D eigenvalue weighted by Crippen LogP contribution is -2.52. The molecule has 0 saturated carbocycles. The molecule has 0 aliphatic heterocycles. The molecule has 0 aromatic heterocycles. The average molecular weight is 296 g/mol. The largest absolute Gasteiger partial charge is 0.449 e. The van der Waals surface area contributed by atoms with Gasteiger partial charge in [-0.1, -0.05) is 6.58 Å². The molecule has 9 heteroatoms. The lowest BCUT2D eigenvalue weighted by Gasteiger charge is -2.33. The molecule has 0 amide bonds. The van der Waals surface area contributed by atoms with Crippen LogP contribution in [0.4, 0.5) is 30.7 Å². The topological polar surface area (TPSA) is 26.3 Å². The molecule has 0 aliphatic rings. The fraction of sp³-hybridized carbons (Fsp3) is 0.700. The van der Waals surface area contributed by atoms with Gasteiger partial charge in [0.05, 0.1) is 0 Å². The molecule has 0 heterocycles. The van der Waals surface area contributed by atoms with E-state index in [1.807, 2.05) is 0 Å². The third-order valence-electron chi connectivity index (χ3n) is 2.28.